The second-order valence-electron chi connectivity index (χ2n) is 5.59. The largest absolute Gasteiger partial charge is 0.452 e. The van der Waals surface area contributed by atoms with Gasteiger partial charge in [-0.15, -0.1) is 11.6 Å². The molecule has 1 aromatic carbocycles. The summed E-state index contributed by atoms with van der Waals surface area (Å²) in [4.78, 5) is 37.1. The van der Waals surface area contributed by atoms with Crippen molar-refractivity contribution in [2.24, 2.45) is 0 Å². The maximum Gasteiger partial charge on any atom is 0.414 e. The standard InChI is InChI=1S/C18H20ClNO5/c1-13(21)25-17-15(8-5-10-19)20(11-9-16(17)22)18(23)24-12-14-6-3-2-4-7-14/h2-4,6-7,9,11,15,17H,5,8,10,12H2,1H3/t15-,17-/m0/s1. The van der Waals surface area contributed by atoms with Crippen LogP contribution in [0.25, 0.3) is 0 Å². The number of ether oxygens (including phenoxy) is 2. The van der Waals surface area contributed by atoms with E-state index in [9.17, 15) is 14.4 Å². The first-order valence-corrected chi connectivity index (χ1v) is 8.50. The molecule has 0 aromatic heterocycles. The number of hydrogen-bond donors (Lipinski definition) is 0. The third-order valence-electron chi connectivity index (χ3n) is 3.73. The number of hydrogen-bond acceptors (Lipinski definition) is 5. The van der Waals surface area contributed by atoms with Crippen LogP contribution in [0.3, 0.4) is 0 Å². The number of esters is 1. The molecule has 0 bridgehead atoms. The summed E-state index contributed by atoms with van der Waals surface area (Å²) in [6.07, 6.45) is 1.91. The summed E-state index contributed by atoms with van der Waals surface area (Å²) < 4.78 is 10.4. The smallest absolute Gasteiger partial charge is 0.414 e. The van der Waals surface area contributed by atoms with Gasteiger partial charge in [-0.2, -0.15) is 0 Å². The number of halogens is 1. The Morgan fingerprint density at radius 3 is 2.60 bits per heavy atom. The molecular formula is C18H20ClNO5. The van der Waals surface area contributed by atoms with Gasteiger partial charge in [0, 0.05) is 25.1 Å². The van der Waals surface area contributed by atoms with Gasteiger partial charge in [-0.05, 0) is 18.4 Å². The van der Waals surface area contributed by atoms with E-state index in [2.05, 4.69) is 0 Å². The molecule has 1 aliphatic rings. The minimum atomic E-state index is -1.05. The number of ketones is 1. The Morgan fingerprint density at radius 2 is 1.96 bits per heavy atom. The second kappa shape index (κ2) is 9.22. The van der Waals surface area contributed by atoms with Gasteiger partial charge in [-0.3, -0.25) is 14.5 Å². The first-order chi connectivity index (χ1) is 12.0. The van der Waals surface area contributed by atoms with Gasteiger partial charge in [-0.25, -0.2) is 4.79 Å². The molecule has 1 aromatic rings. The van der Waals surface area contributed by atoms with Crippen molar-refractivity contribution in [3.05, 3.63) is 48.2 Å². The van der Waals surface area contributed by atoms with E-state index >= 15 is 0 Å². The van der Waals surface area contributed by atoms with Crippen molar-refractivity contribution >= 4 is 29.4 Å². The Kier molecular flexibility index (Phi) is 7.01. The number of alkyl halides is 1. The van der Waals surface area contributed by atoms with E-state index in [1.54, 1.807) is 0 Å². The summed E-state index contributed by atoms with van der Waals surface area (Å²) in [5.74, 6) is -0.572. The molecule has 134 valence electrons. The molecule has 7 heteroatoms. The Hall–Kier alpha value is -2.34. The van der Waals surface area contributed by atoms with Gasteiger partial charge in [0.1, 0.15) is 6.61 Å². The number of benzene rings is 1. The fraction of sp³-hybridized carbons (Fsp3) is 0.389. The van der Waals surface area contributed by atoms with Crippen molar-refractivity contribution in [3.63, 3.8) is 0 Å². The molecule has 0 N–H and O–H groups in total. The van der Waals surface area contributed by atoms with Gasteiger partial charge in [0.2, 0.25) is 0 Å². The van der Waals surface area contributed by atoms with E-state index in [4.69, 9.17) is 21.1 Å². The third-order valence-corrected chi connectivity index (χ3v) is 4.00. The van der Waals surface area contributed by atoms with Crippen molar-refractivity contribution in [2.45, 2.75) is 38.5 Å². The van der Waals surface area contributed by atoms with Crippen molar-refractivity contribution in [1.82, 2.24) is 4.90 Å². The van der Waals surface area contributed by atoms with Gasteiger partial charge < -0.3 is 9.47 Å². The van der Waals surface area contributed by atoms with E-state index in [1.807, 2.05) is 30.3 Å². The Bertz CT molecular complexity index is 646. The topological polar surface area (TPSA) is 72.9 Å². The average molecular weight is 366 g/mol. The van der Waals surface area contributed by atoms with Crippen LogP contribution in [0.15, 0.2) is 42.6 Å². The molecule has 0 spiro atoms. The quantitative estimate of drug-likeness (QED) is 0.572. The summed E-state index contributed by atoms with van der Waals surface area (Å²) in [6, 6.07) is 8.62. The van der Waals surface area contributed by atoms with Crippen LogP contribution in [-0.2, 0) is 25.7 Å². The van der Waals surface area contributed by atoms with Gasteiger partial charge in [-0.1, -0.05) is 30.3 Å². The van der Waals surface area contributed by atoms with E-state index in [0.717, 1.165) is 5.56 Å². The highest BCUT2D eigenvalue weighted by Gasteiger charge is 2.39. The fourth-order valence-electron chi connectivity index (χ4n) is 2.58. The van der Waals surface area contributed by atoms with E-state index < -0.39 is 24.2 Å². The molecule has 0 saturated heterocycles. The zero-order valence-electron chi connectivity index (χ0n) is 13.9. The number of nitrogens with zero attached hydrogens (tertiary/aromatic N) is 1. The van der Waals surface area contributed by atoms with E-state index in [-0.39, 0.29) is 12.4 Å². The van der Waals surface area contributed by atoms with E-state index in [1.165, 1.54) is 24.1 Å². The number of amides is 1. The summed E-state index contributed by atoms with van der Waals surface area (Å²) in [5, 5.41) is 0. The molecule has 6 nitrogen and oxygen atoms in total. The minimum Gasteiger partial charge on any atom is -0.452 e. The molecule has 2 atom stereocenters. The highest BCUT2D eigenvalue weighted by molar-refractivity contribution is 6.17. The van der Waals surface area contributed by atoms with Crippen LogP contribution in [-0.4, -0.2) is 40.8 Å². The average Bonchev–Trinajstić information content (AvgIpc) is 2.60. The predicted octanol–water partition coefficient (Wildman–Crippen LogP) is 3.04. The summed E-state index contributed by atoms with van der Waals surface area (Å²) in [7, 11) is 0. The Morgan fingerprint density at radius 1 is 1.24 bits per heavy atom. The molecular weight excluding hydrogens is 346 g/mol. The van der Waals surface area contributed by atoms with Crippen LogP contribution in [0.4, 0.5) is 4.79 Å². The fourth-order valence-corrected chi connectivity index (χ4v) is 2.73. The van der Waals surface area contributed by atoms with Crippen LogP contribution in [0.2, 0.25) is 0 Å². The Balaban J connectivity index is 2.11. The lowest BCUT2D eigenvalue weighted by Crippen LogP contribution is -2.51. The highest BCUT2D eigenvalue weighted by atomic mass is 35.5. The molecule has 1 amide bonds. The van der Waals surface area contributed by atoms with Crippen LogP contribution < -0.4 is 0 Å². The van der Waals surface area contributed by atoms with Gasteiger partial charge in [0.15, 0.2) is 11.9 Å². The van der Waals surface area contributed by atoms with Crippen LogP contribution >= 0.6 is 11.6 Å². The molecule has 0 unspecified atom stereocenters. The highest BCUT2D eigenvalue weighted by Crippen LogP contribution is 2.22. The SMILES string of the molecule is CC(=O)O[C@@H]1C(=O)C=CN(C(=O)OCc2ccccc2)[C@H]1CCCCl. The number of carbonyl (C=O) groups is 3. The summed E-state index contributed by atoms with van der Waals surface area (Å²) in [5.41, 5.74) is 0.849. The Labute approximate surface area is 151 Å². The number of rotatable bonds is 6. The lowest BCUT2D eigenvalue weighted by Gasteiger charge is -2.35. The van der Waals surface area contributed by atoms with Gasteiger partial charge in [0.05, 0.1) is 6.04 Å². The third kappa shape index (κ3) is 5.32. The molecule has 0 saturated carbocycles. The molecule has 1 aliphatic heterocycles. The molecule has 0 aliphatic carbocycles. The van der Waals surface area contributed by atoms with Crippen molar-refractivity contribution in [3.8, 4) is 0 Å². The summed E-state index contributed by atoms with van der Waals surface area (Å²) in [6.45, 7) is 1.33. The first kappa shape index (κ1) is 19.0. The van der Waals surface area contributed by atoms with Crippen molar-refractivity contribution in [1.29, 1.82) is 0 Å². The maximum absolute atomic E-state index is 12.5. The predicted molar refractivity (Wildman–Crippen MR) is 91.9 cm³/mol. The second-order valence-corrected chi connectivity index (χ2v) is 5.97. The first-order valence-electron chi connectivity index (χ1n) is 7.97. The van der Waals surface area contributed by atoms with Crippen LogP contribution in [0, 0.1) is 0 Å². The molecule has 0 fully saturated rings. The van der Waals surface area contributed by atoms with Gasteiger partial charge in [0.25, 0.3) is 0 Å². The van der Waals surface area contributed by atoms with Gasteiger partial charge >= 0.3 is 12.1 Å². The summed E-state index contributed by atoms with van der Waals surface area (Å²) >= 11 is 5.73. The zero-order chi connectivity index (χ0) is 18.2. The minimum absolute atomic E-state index is 0.110. The lowest BCUT2D eigenvalue weighted by atomic mass is 9.97. The molecule has 0 radical (unpaired) electrons. The molecule has 1 heterocycles. The molecule has 2 rings (SSSR count). The zero-order valence-corrected chi connectivity index (χ0v) is 14.6. The van der Waals surface area contributed by atoms with E-state index in [0.29, 0.717) is 18.7 Å². The normalized spacial score (nSPS) is 19.6. The van der Waals surface area contributed by atoms with Crippen molar-refractivity contribution < 1.29 is 23.9 Å². The number of carbonyl (C=O) groups excluding carboxylic acids is 3. The molecule has 25 heavy (non-hydrogen) atoms. The van der Waals surface area contributed by atoms with Crippen LogP contribution in [0.5, 0.6) is 0 Å². The monoisotopic (exact) mass is 365 g/mol. The van der Waals surface area contributed by atoms with Crippen LogP contribution in [0.1, 0.15) is 25.3 Å². The van der Waals surface area contributed by atoms with Crippen molar-refractivity contribution in [2.75, 3.05) is 5.88 Å². The maximum atomic E-state index is 12.5. The lowest BCUT2D eigenvalue weighted by molar-refractivity contribution is -0.155.